The average Bonchev–Trinajstić information content (AvgIpc) is 3.19. The smallest absolute Gasteiger partial charge is 0.322 e. The van der Waals surface area contributed by atoms with E-state index in [1.165, 1.54) is 17.0 Å². The molecular formula is C26H30FN3O3. The monoisotopic (exact) mass is 451 g/mol. The first-order valence-corrected chi connectivity index (χ1v) is 11.0. The van der Waals surface area contributed by atoms with Crippen molar-refractivity contribution in [2.45, 2.75) is 40.3 Å². The molecule has 1 heterocycles. The van der Waals surface area contributed by atoms with Crippen LogP contribution in [0.3, 0.4) is 0 Å². The van der Waals surface area contributed by atoms with Crippen LogP contribution in [-0.4, -0.2) is 34.8 Å². The Kier molecular flexibility index (Phi) is 8.24. The Bertz CT molecular complexity index is 1080. The van der Waals surface area contributed by atoms with Crippen LogP contribution in [-0.2, 0) is 17.9 Å². The maximum absolute atomic E-state index is 13.3. The van der Waals surface area contributed by atoms with Crippen LogP contribution in [0.4, 0.5) is 14.9 Å². The van der Waals surface area contributed by atoms with Gasteiger partial charge >= 0.3 is 6.03 Å². The Morgan fingerprint density at radius 1 is 0.970 bits per heavy atom. The molecule has 0 spiro atoms. The highest BCUT2D eigenvalue weighted by Crippen LogP contribution is 2.15. The van der Waals surface area contributed by atoms with Gasteiger partial charge in [-0.2, -0.15) is 0 Å². The molecule has 3 amide bonds. The van der Waals surface area contributed by atoms with Crippen LogP contribution in [0, 0.1) is 19.7 Å². The summed E-state index contributed by atoms with van der Waals surface area (Å²) in [6.07, 6.45) is 0.712. The highest BCUT2D eigenvalue weighted by atomic mass is 19.1. The zero-order valence-corrected chi connectivity index (χ0v) is 19.3. The fourth-order valence-corrected chi connectivity index (χ4v) is 3.51. The molecule has 3 aromatic rings. The molecule has 0 aliphatic heterocycles. The van der Waals surface area contributed by atoms with Gasteiger partial charge in [0.1, 0.15) is 23.9 Å². The fourth-order valence-electron chi connectivity index (χ4n) is 3.51. The normalized spacial score (nSPS) is 10.7. The van der Waals surface area contributed by atoms with Crippen molar-refractivity contribution in [3.8, 4) is 0 Å². The standard InChI is InChI=1S/C26H30FN3O3/c1-4-14-29(26(32)28-23-7-5-6-19(2)15-23)18-25(31)30(17-24-13-8-20(3)33-24)16-21-9-11-22(27)12-10-21/h5-13,15H,4,14,16-18H2,1-3H3,(H,28,32). The SMILES string of the molecule is CCCN(CC(=O)N(Cc1ccc(F)cc1)Cc1ccc(C)o1)C(=O)Nc1cccc(C)c1. The number of nitrogens with one attached hydrogen (secondary N) is 1. The van der Waals surface area contributed by atoms with Crippen molar-refractivity contribution in [3.63, 3.8) is 0 Å². The summed E-state index contributed by atoms with van der Waals surface area (Å²) in [4.78, 5) is 29.4. The highest BCUT2D eigenvalue weighted by molar-refractivity contribution is 5.92. The highest BCUT2D eigenvalue weighted by Gasteiger charge is 2.22. The Morgan fingerprint density at radius 2 is 1.73 bits per heavy atom. The minimum Gasteiger partial charge on any atom is -0.464 e. The molecule has 6 nitrogen and oxygen atoms in total. The number of carbonyl (C=O) groups excluding carboxylic acids is 2. The van der Waals surface area contributed by atoms with Gasteiger partial charge in [0.2, 0.25) is 5.91 Å². The fraction of sp³-hybridized carbons (Fsp3) is 0.308. The minimum absolute atomic E-state index is 0.0770. The second kappa shape index (κ2) is 11.3. The molecule has 1 aromatic heterocycles. The van der Waals surface area contributed by atoms with E-state index < -0.39 is 0 Å². The van der Waals surface area contributed by atoms with Crippen molar-refractivity contribution in [1.29, 1.82) is 0 Å². The van der Waals surface area contributed by atoms with Crippen LogP contribution in [0.1, 0.15) is 36.0 Å². The van der Waals surface area contributed by atoms with E-state index in [-0.39, 0.29) is 37.4 Å². The number of aryl methyl sites for hydroxylation is 2. The van der Waals surface area contributed by atoms with Gasteiger partial charge < -0.3 is 19.5 Å². The molecule has 0 aliphatic rings. The number of furan rings is 1. The van der Waals surface area contributed by atoms with E-state index in [4.69, 9.17) is 4.42 Å². The lowest BCUT2D eigenvalue weighted by molar-refractivity contribution is -0.133. The van der Waals surface area contributed by atoms with E-state index in [9.17, 15) is 14.0 Å². The number of rotatable bonds is 9. The Hall–Kier alpha value is -3.61. The molecule has 0 fully saturated rings. The zero-order chi connectivity index (χ0) is 23.8. The molecule has 0 aliphatic carbocycles. The number of benzene rings is 2. The molecule has 0 atom stereocenters. The predicted molar refractivity (Wildman–Crippen MR) is 126 cm³/mol. The average molecular weight is 452 g/mol. The third kappa shape index (κ3) is 7.20. The molecule has 174 valence electrons. The lowest BCUT2D eigenvalue weighted by atomic mass is 10.2. The maximum Gasteiger partial charge on any atom is 0.322 e. The number of urea groups is 1. The number of hydrogen-bond donors (Lipinski definition) is 1. The maximum atomic E-state index is 13.3. The van der Waals surface area contributed by atoms with Crippen molar-refractivity contribution >= 4 is 17.6 Å². The van der Waals surface area contributed by atoms with Gasteiger partial charge in [-0.3, -0.25) is 4.79 Å². The van der Waals surface area contributed by atoms with Gasteiger partial charge in [0, 0.05) is 18.8 Å². The first kappa shape index (κ1) is 24.0. The van der Waals surface area contributed by atoms with Gasteiger partial charge in [-0.15, -0.1) is 0 Å². The van der Waals surface area contributed by atoms with Crippen molar-refractivity contribution < 1.29 is 18.4 Å². The first-order valence-electron chi connectivity index (χ1n) is 11.0. The van der Waals surface area contributed by atoms with Gasteiger partial charge in [-0.05, 0) is 67.8 Å². The molecule has 1 N–H and O–H groups in total. The number of nitrogens with zero attached hydrogens (tertiary/aromatic N) is 2. The van der Waals surface area contributed by atoms with Crippen LogP contribution in [0.15, 0.2) is 65.1 Å². The van der Waals surface area contributed by atoms with E-state index in [1.54, 1.807) is 17.0 Å². The predicted octanol–water partition coefficient (Wildman–Crippen LogP) is 5.51. The topological polar surface area (TPSA) is 65.8 Å². The molecular weight excluding hydrogens is 421 g/mol. The molecule has 3 rings (SSSR count). The summed E-state index contributed by atoms with van der Waals surface area (Å²) >= 11 is 0. The molecule has 2 aromatic carbocycles. The van der Waals surface area contributed by atoms with E-state index in [0.29, 0.717) is 24.4 Å². The van der Waals surface area contributed by atoms with Gasteiger partial charge in [0.05, 0.1) is 6.54 Å². The van der Waals surface area contributed by atoms with Gasteiger partial charge in [-0.1, -0.05) is 31.2 Å². The van der Waals surface area contributed by atoms with Gasteiger partial charge in [0.15, 0.2) is 0 Å². The number of halogens is 1. The Labute approximate surface area is 194 Å². The number of amides is 3. The zero-order valence-electron chi connectivity index (χ0n) is 19.3. The van der Waals surface area contributed by atoms with Crippen molar-refractivity contribution in [1.82, 2.24) is 9.80 Å². The van der Waals surface area contributed by atoms with Crippen molar-refractivity contribution in [2.75, 3.05) is 18.4 Å². The molecule has 33 heavy (non-hydrogen) atoms. The largest absolute Gasteiger partial charge is 0.464 e. The van der Waals surface area contributed by atoms with E-state index in [2.05, 4.69) is 5.32 Å². The Morgan fingerprint density at radius 3 is 2.36 bits per heavy atom. The second-order valence-electron chi connectivity index (χ2n) is 8.11. The lowest BCUT2D eigenvalue weighted by Gasteiger charge is -2.27. The van der Waals surface area contributed by atoms with E-state index in [0.717, 1.165) is 16.9 Å². The summed E-state index contributed by atoms with van der Waals surface area (Å²) in [5.74, 6) is 0.847. The van der Waals surface area contributed by atoms with Crippen LogP contribution < -0.4 is 5.32 Å². The van der Waals surface area contributed by atoms with Crippen LogP contribution in [0.25, 0.3) is 0 Å². The quantitative estimate of drug-likeness (QED) is 0.467. The molecule has 7 heteroatoms. The first-order chi connectivity index (χ1) is 15.8. The van der Waals surface area contributed by atoms with E-state index >= 15 is 0 Å². The number of hydrogen-bond acceptors (Lipinski definition) is 3. The summed E-state index contributed by atoms with van der Waals surface area (Å²) in [6.45, 7) is 6.64. The Balaban J connectivity index is 1.75. The molecule has 0 unspecified atom stereocenters. The molecule has 0 bridgehead atoms. The minimum atomic E-state index is -0.333. The van der Waals surface area contributed by atoms with Gasteiger partial charge in [0.25, 0.3) is 0 Å². The second-order valence-corrected chi connectivity index (χ2v) is 8.11. The van der Waals surface area contributed by atoms with Crippen LogP contribution in [0.5, 0.6) is 0 Å². The van der Waals surface area contributed by atoms with Gasteiger partial charge in [-0.25, -0.2) is 9.18 Å². The lowest BCUT2D eigenvalue weighted by Crippen LogP contribution is -2.44. The van der Waals surface area contributed by atoms with E-state index in [1.807, 2.05) is 57.2 Å². The molecule has 0 radical (unpaired) electrons. The summed E-state index contributed by atoms with van der Waals surface area (Å²) in [5, 5.41) is 2.88. The third-order valence-corrected chi connectivity index (χ3v) is 5.16. The molecule has 0 saturated carbocycles. The van der Waals surface area contributed by atoms with Crippen LogP contribution >= 0.6 is 0 Å². The third-order valence-electron chi connectivity index (χ3n) is 5.16. The molecule has 0 saturated heterocycles. The summed E-state index contributed by atoms with van der Waals surface area (Å²) < 4.78 is 19.0. The number of anilines is 1. The van der Waals surface area contributed by atoms with Crippen molar-refractivity contribution in [2.24, 2.45) is 0 Å². The summed E-state index contributed by atoms with van der Waals surface area (Å²) in [6, 6.07) is 16.9. The van der Waals surface area contributed by atoms with Crippen LogP contribution in [0.2, 0.25) is 0 Å². The summed E-state index contributed by atoms with van der Waals surface area (Å²) in [5.41, 5.74) is 2.51. The number of carbonyl (C=O) groups is 2. The summed E-state index contributed by atoms with van der Waals surface area (Å²) in [7, 11) is 0. The van der Waals surface area contributed by atoms with Crippen molar-refractivity contribution in [3.05, 3.63) is 89.1 Å².